The number of hydrogen-bond donors (Lipinski definition) is 2. The number of nitrogens with zero attached hydrogens (tertiary/aromatic N) is 1. The van der Waals surface area contributed by atoms with Gasteiger partial charge in [-0.3, -0.25) is 4.79 Å². The molecule has 96 valence electrons. The molecule has 4 heteroatoms. The number of aliphatic hydroxyl groups excluding tert-OH is 1. The predicted molar refractivity (Wildman–Crippen MR) is 66.3 cm³/mol. The van der Waals surface area contributed by atoms with Crippen LogP contribution in [0.3, 0.4) is 0 Å². The third kappa shape index (κ3) is 8.68. The highest BCUT2D eigenvalue weighted by atomic mass is 16.3. The lowest BCUT2D eigenvalue weighted by molar-refractivity contribution is -0.128. The van der Waals surface area contributed by atoms with Crippen LogP contribution in [0.15, 0.2) is 0 Å². The number of carbonyl (C=O) groups is 1. The second-order valence-electron chi connectivity index (χ2n) is 4.88. The Balaban J connectivity index is 3.36. The first-order chi connectivity index (χ1) is 7.43. The van der Waals surface area contributed by atoms with E-state index in [9.17, 15) is 9.90 Å². The average Bonchev–Trinajstić information content (AvgIpc) is 2.15. The number of carbonyl (C=O) groups excluding carboxylic acids is 1. The molecular weight excluding hydrogens is 204 g/mol. The summed E-state index contributed by atoms with van der Waals surface area (Å²) < 4.78 is 0. The molecule has 0 aliphatic rings. The number of nitrogens with one attached hydrogen (secondary N) is 1. The van der Waals surface area contributed by atoms with E-state index in [1.807, 2.05) is 0 Å². The van der Waals surface area contributed by atoms with Crippen LogP contribution in [-0.4, -0.2) is 49.2 Å². The minimum Gasteiger partial charge on any atom is -0.392 e. The molecule has 0 fully saturated rings. The van der Waals surface area contributed by atoms with Crippen LogP contribution in [0.4, 0.5) is 0 Å². The summed E-state index contributed by atoms with van der Waals surface area (Å²) in [4.78, 5) is 12.8. The lowest BCUT2D eigenvalue weighted by atomic mass is 10.1. The van der Waals surface area contributed by atoms with Gasteiger partial charge in [-0.05, 0) is 25.3 Å². The van der Waals surface area contributed by atoms with Crippen LogP contribution in [-0.2, 0) is 4.79 Å². The SMILES string of the molecule is CC(C)CC(O)CNCCCC(=O)N(C)C. The molecule has 1 unspecified atom stereocenters. The van der Waals surface area contributed by atoms with Crippen LogP contribution >= 0.6 is 0 Å². The molecule has 0 saturated carbocycles. The van der Waals surface area contributed by atoms with Crippen LogP contribution < -0.4 is 5.32 Å². The second-order valence-corrected chi connectivity index (χ2v) is 4.88. The van der Waals surface area contributed by atoms with Crippen molar-refractivity contribution < 1.29 is 9.90 Å². The lowest BCUT2D eigenvalue weighted by Crippen LogP contribution is -2.29. The van der Waals surface area contributed by atoms with Gasteiger partial charge >= 0.3 is 0 Å². The Kier molecular flexibility index (Phi) is 8.21. The maximum Gasteiger partial charge on any atom is 0.222 e. The summed E-state index contributed by atoms with van der Waals surface area (Å²) in [5, 5.41) is 12.7. The van der Waals surface area contributed by atoms with Gasteiger partial charge in [-0.15, -0.1) is 0 Å². The van der Waals surface area contributed by atoms with Gasteiger partial charge in [-0.25, -0.2) is 0 Å². The first kappa shape index (κ1) is 15.4. The van der Waals surface area contributed by atoms with Crippen molar-refractivity contribution in [2.45, 2.75) is 39.2 Å². The number of rotatable bonds is 8. The van der Waals surface area contributed by atoms with E-state index in [0.717, 1.165) is 19.4 Å². The van der Waals surface area contributed by atoms with Crippen molar-refractivity contribution >= 4 is 5.91 Å². The molecule has 2 N–H and O–H groups in total. The van der Waals surface area contributed by atoms with Crippen molar-refractivity contribution in [3.05, 3.63) is 0 Å². The van der Waals surface area contributed by atoms with E-state index in [2.05, 4.69) is 19.2 Å². The zero-order valence-electron chi connectivity index (χ0n) is 11.0. The van der Waals surface area contributed by atoms with Gasteiger partial charge < -0.3 is 15.3 Å². The van der Waals surface area contributed by atoms with Gasteiger partial charge in [0.05, 0.1) is 6.10 Å². The maximum absolute atomic E-state index is 11.2. The molecule has 0 aromatic heterocycles. The van der Waals surface area contributed by atoms with E-state index in [1.165, 1.54) is 0 Å². The summed E-state index contributed by atoms with van der Waals surface area (Å²) in [7, 11) is 3.53. The van der Waals surface area contributed by atoms with E-state index >= 15 is 0 Å². The van der Waals surface area contributed by atoms with Gasteiger partial charge in [0, 0.05) is 27.1 Å². The van der Waals surface area contributed by atoms with Gasteiger partial charge in [-0.1, -0.05) is 13.8 Å². The molecule has 0 aromatic rings. The lowest BCUT2D eigenvalue weighted by Gasteiger charge is -2.14. The third-order valence-corrected chi connectivity index (χ3v) is 2.37. The molecule has 0 bridgehead atoms. The van der Waals surface area contributed by atoms with Crippen LogP contribution in [0, 0.1) is 5.92 Å². The normalized spacial score (nSPS) is 12.9. The molecule has 0 aliphatic heterocycles. The molecule has 16 heavy (non-hydrogen) atoms. The quantitative estimate of drug-likeness (QED) is 0.608. The Morgan fingerprint density at radius 2 is 2.00 bits per heavy atom. The highest BCUT2D eigenvalue weighted by molar-refractivity contribution is 5.75. The maximum atomic E-state index is 11.2. The highest BCUT2D eigenvalue weighted by Gasteiger charge is 2.06. The molecule has 0 radical (unpaired) electrons. The van der Waals surface area contributed by atoms with Crippen LogP contribution in [0.1, 0.15) is 33.1 Å². The molecule has 0 rings (SSSR count). The second kappa shape index (κ2) is 8.53. The van der Waals surface area contributed by atoms with Crippen LogP contribution in [0.5, 0.6) is 0 Å². The molecule has 0 spiro atoms. The Morgan fingerprint density at radius 3 is 2.50 bits per heavy atom. The molecule has 0 aromatic carbocycles. The van der Waals surface area contributed by atoms with Gasteiger partial charge in [-0.2, -0.15) is 0 Å². The minimum atomic E-state index is -0.274. The monoisotopic (exact) mass is 230 g/mol. The highest BCUT2D eigenvalue weighted by Crippen LogP contribution is 2.03. The summed E-state index contributed by atoms with van der Waals surface area (Å²) in [6.45, 7) is 5.60. The van der Waals surface area contributed by atoms with Crippen molar-refractivity contribution in [2.75, 3.05) is 27.2 Å². The van der Waals surface area contributed by atoms with Gasteiger partial charge in [0.25, 0.3) is 0 Å². The first-order valence-corrected chi connectivity index (χ1v) is 6.02. The molecule has 1 amide bonds. The van der Waals surface area contributed by atoms with Crippen LogP contribution in [0.2, 0.25) is 0 Å². The van der Waals surface area contributed by atoms with Gasteiger partial charge in [0.1, 0.15) is 0 Å². The summed E-state index contributed by atoms with van der Waals surface area (Å²) in [5.74, 6) is 0.677. The summed E-state index contributed by atoms with van der Waals surface area (Å²) in [6.07, 6.45) is 1.94. The Labute approximate surface area is 99.0 Å². The third-order valence-electron chi connectivity index (χ3n) is 2.37. The van der Waals surface area contributed by atoms with E-state index in [1.54, 1.807) is 19.0 Å². The number of amides is 1. The molecule has 4 nitrogen and oxygen atoms in total. The molecule has 0 aliphatic carbocycles. The Morgan fingerprint density at radius 1 is 1.38 bits per heavy atom. The molecule has 0 saturated heterocycles. The zero-order valence-corrected chi connectivity index (χ0v) is 11.0. The summed E-state index contributed by atoms with van der Waals surface area (Å²) >= 11 is 0. The van der Waals surface area contributed by atoms with Crippen molar-refractivity contribution in [1.29, 1.82) is 0 Å². The average molecular weight is 230 g/mol. The topological polar surface area (TPSA) is 52.6 Å². The fraction of sp³-hybridized carbons (Fsp3) is 0.917. The predicted octanol–water partition coefficient (Wildman–Crippen LogP) is 0.851. The Bertz CT molecular complexity index is 193. The van der Waals surface area contributed by atoms with Crippen molar-refractivity contribution in [3.8, 4) is 0 Å². The van der Waals surface area contributed by atoms with Crippen molar-refractivity contribution in [1.82, 2.24) is 10.2 Å². The van der Waals surface area contributed by atoms with Gasteiger partial charge in [0.15, 0.2) is 0 Å². The number of hydrogen-bond acceptors (Lipinski definition) is 3. The van der Waals surface area contributed by atoms with E-state index in [-0.39, 0.29) is 12.0 Å². The Hall–Kier alpha value is -0.610. The van der Waals surface area contributed by atoms with E-state index in [0.29, 0.717) is 18.9 Å². The van der Waals surface area contributed by atoms with Crippen molar-refractivity contribution in [2.24, 2.45) is 5.92 Å². The largest absolute Gasteiger partial charge is 0.392 e. The summed E-state index contributed by atoms with van der Waals surface area (Å²) in [5.41, 5.74) is 0. The first-order valence-electron chi connectivity index (χ1n) is 6.02. The standard InChI is InChI=1S/C12H26N2O2/c1-10(2)8-11(15)9-13-7-5-6-12(16)14(3)4/h10-11,13,15H,5-9H2,1-4H3. The summed E-state index contributed by atoms with van der Waals surface area (Å²) in [6, 6.07) is 0. The fourth-order valence-electron chi connectivity index (χ4n) is 1.48. The minimum absolute atomic E-state index is 0.157. The van der Waals surface area contributed by atoms with E-state index in [4.69, 9.17) is 0 Å². The molecule has 0 heterocycles. The van der Waals surface area contributed by atoms with Crippen LogP contribution in [0.25, 0.3) is 0 Å². The molecular formula is C12H26N2O2. The van der Waals surface area contributed by atoms with Crippen molar-refractivity contribution in [3.63, 3.8) is 0 Å². The zero-order chi connectivity index (χ0) is 12.6. The fourth-order valence-corrected chi connectivity index (χ4v) is 1.48. The number of aliphatic hydroxyl groups is 1. The van der Waals surface area contributed by atoms with E-state index < -0.39 is 0 Å². The smallest absolute Gasteiger partial charge is 0.222 e. The molecule has 1 atom stereocenters. The van der Waals surface area contributed by atoms with Gasteiger partial charge in [0.2, 0.25) is 5.91 Å².